The summed E-state index contributed by atoms with van der Waals surface area (Å²) in [5.74, 6) is 0.590. The lowest BCUT2D eigenvalue weighted by Crippen LogP contribution is -2.07. The quantitative estimate of drug-likeness (QED) is 0.663. The highest BCUT2D eigenvalue weighted by Gasteiger charge is 2.09. The third kappa shape index (κ3) is 4.33. The molecule has 1 heterocycles. The van der Waals surface area contributed by atoms with Crippen LogP contribution in [0.15, 0.2) is 15.9 Å². The van der Waals surface area contributed by atoms with E-state index in [1.54, 1.807) is 0 Å². The molecule has 80 valence electrons. The van der Waals surface area contributed by atoms with Crippen molar-refractivity contribution in [3.8, 4) is 0 Å². The Morgan fingerprint density at radius 1 is 1.43 bits per heavy atom. The van der Waals surface area contributed by atoms with Gasteiger partial charge in [-0.1, -0.05) is 13.8 Å². The van der Waals surface area contributed by atoms with Crippen LogP contribution in [0.5, 0.6) is 0 Å². The molecule has 0 fully saturated rings. The predicted octanol–water partition coefficient (Wildman–Crippen LogP) is 5.10. The van der Waals surface area contributed by atoms with E-state index in [1.165, 1.54) is 15.1 Å². The summed E-state index contributed by atoms with van der Waals surface area (Å²) < 4.78 is 1.22. The zero-order valence-corrected chi connectivity index (χ0v) is 11.8. The van der Waals surface area contributed by atoms with Gasteiger partial charge in [-0.05, 0) is 53.2 Å². The molecule has 0 amide bonds. The van der Waals surface area contributed by atoms with E-state index < -0.39 is 0 Å². The van der Waals surface area contributed by atoms with E-state index in [2.05, 4.69) is 41.9 Å². The van der Waals surface area contributed by atoms with Crippen molar-refractivity contribution in [2.24, 2.45) is 5.92 Å². The van der Waals surface area contributed by atoms with Crippen LogP contribution in [0.4, 0.5) is 0 Å². The van der Waals surface area contributed by atoms with Gasteiger partial charge in [0.05, 0.1) is 3.79 Å². The number of hydrogen-bond donors (Lipinski definition) is 0. The molecule has 0 aliphatic carbocycles. The molecule has 3 heteroatoms. The highest BCUT2D eigenvalue weighted by Crippen LogP contribution is 2.24. The second kappa shape index (κ2) is 6.14. The predicted molar refractivity (Wildman–Crippen MR) is 69.4 cm³/mol. The van der Waals surface area contributed by atoms with Crippen molar-refractivity contribution in [2.45, 2.75) is 38.5 Å². The van der Waals surface area contributed by atoms with E-state index in [1.807, 2.05) is 11.3 Å². The molecule has 0 saturated carbocycles. The lowest BCUT2D eigenvalue weighted by molar-refractivity contribution is 0.548. The molecule has 1 rings (SSSR count). The number of hydrogen-bond acceptors (Lipinski definition) is 1. The van der Waals surface area contributed by atoms with Gasteiger partial charge in [0.1, 0.15) is 0 Å². The monoisotopic (exact) mass is 294 g/mol. The Bertz CT molecular complexity index is 270. The summed E-state index contributed by atoms with van der Waals surface area (Å²) in [6.07, 6.45) is 3.47. The number of halogens is 2. The van der Waals surface area contributed by atoms with Gasteiger partial charge < -0.3 is 0 Å². The standard InChI is InChI=1S/C11H16BrClS/c1-8(2)10(13)5-3-4-9-6-7-11(12)14-9/h6-8,10H,3-5H2,1-2H3. The summed E-state index contributed by atoms with van der Waals surface area (Å²) in [5, 5.41) is 0.332. The van der Waals surface area contributed by atoms with E-state index >= 15 is 0 Å². The van der Waals surface area contributed by atoms with Gasteiger partial charge in [-0.15, -0.1) is 22.9 Å². The van der Waals surface area contributed by atoms with Crippen molar-refractivity contribution in [1.82, 2.24) is 0 Å². The fraction of sp³-hybridized carbons (Fsp3) is 0.636. The minimum atomic E-state index is 0.332. The molecule has 0 bridgehead atoms. The third-order valence-corrected chi connectivity index (χ3v) is 4.66. The Morgan fingerprint density at radius 2 is 2.14 bits per heavy atom. The van der Waals surface area contributed by atoms with E-state index in [0.717, 1.165) is 12.8 Å². The summed E-state index contributed by atoms with van der Waals surface area (Å²) in [4.78, 5) is 1.45. The van der Waals surface area contributed by atoms with Gasteiger partial charge in [0, 0.05) is 10.3 Å². The first-order valence-electron chi connectivity index (χ1n) is 4.98. The summed E-state index contributed by atoms with van der Waals surface area (Å²) >= 11 is 11.5. The molecule has 0 aromatic carbocycles. The normalized spacial score (nSPS) is 13.5. The molecular formula is C11H16BrClS. The van der Waals surface area contributed by atoms with Crippen LogP contribution in [0.3, 0.4) is 0 Å². The first-order valence-corrected chi connectivity index (χ1v) is 7.02. The van der Waals surface area contributed by atoms with Gasteiger partial charge in [-0.25, -0.2) is 0 Å². The molecule has 1 aromatic heterocycles. The van der Waals surface area contributed by atoms with Crippen molar-refractivity contribution in [3.63, 3.8) is 0 Å². The molecule has 1 unspecified atom stereocenters. The minimum absolute atomic E-state index is 0.332. The highest BCUT2D eigenvalue weighted by molar-refractivity contribution is 9.11. The Morgan fingerprint density at radius 3 is 2.64 bits per heavy atom. The van der Waals surface area contributed by atoms with Crippen molar-refractivity contribution < 1.29 is 0 Å². The maximum absolute atomic E-state index is 6.18. The summed E-state index contributed by atoms with van der Waals surface area (Å²) in [6.45, 7) is 4.36. The summed E-state index contributed by atoms with van der Waals surface area (Å²) in [7, 11) is 0. The second-order valence-corrected chi connectivity index (χ2v) is 6.97. The lowest BCUT2D eigenvalue weighted by atomic mass is 10.0. The van der Waals surface area contributed by atoms with Gasteiger partial charge >= 0.3 is 0 Å². The Kier molecular flexibility index (Phi) is 5.50. The Labute approximate surface area is 104 Å². The largest absolute Gasteiger partial charge is 0.133 e. The maximum Gasteiger partial charge on any atom is 0.0701 e. The number of thiophene rings is 1. The van der Waals surface area contributed by atoms with Crippen molar-refractivity contribution >= 4 is 38.9 Å². The zero-order chi connectivity index (χ0) is 10.6. The summed E-state index contributed by atoms with van der Waals surface area (Å²) in [6, 6.07) is 4.30. The molecule has 0 spiro atoms. The second-order valence-electron chi connectivity index (χ2n) is 3.86. The summed E-state index contributed by atoms with van der Waals surface area (Å²) in [5.41, 5.74) is 0. The topological polar surface area (TPSA) is 0 Å². The fourth-order valence-corrected chi connectivity index (χ4v) is 2.97. The number of aryl methyl sites for hydroxylation is 1. The van der Waals surface area contributed by atoms with Crippen LogP contribution >= 0.6 is 38.9 Å². The Balaban J connectivity index is 2.22. The minimum Gasteiger partial charge on any atom is -0.133 e. The first kappa shape index (κ1) is 12.5. The van der Waals surface area contributed by atoms with Crippen molar-refractivity contribution in [2.75, 3.05) is 0 Å². The van der Waals surface area contributed by atoms with Crippen LogP contribution in [-0.4, -0.2) is 5.38 Å². The van der Waals surface area contributed by atoms with Crippen LogP contribution in [0, 0.1) is 5.92 Å². The molecule has 1 aromatic rings. The number of alkyl halides is 1. The van der Waals surface area contributed by atoms with Gasteiger partial charge in [-0.2, -0.15) is 0 Å². The van der Waals surface area contributed by atoms with E-state index in [0.29, 0.717) is 11.3 Å². The fourth-order valence-electron chi connectivity index (χ4n) is 1.29. The first-order chi connectivity index (χ1) is 6.59. The molecule has 0 aliphatic rings. The SMILES string of the molecule is CC(C)C(Cl)CCCc1ccc(Br)s1. The molecule has 0 saturated heterocycles. The van der Waals surface area contributed by atoms with Gasteiger partial charge in [0.15, 0.2) is 0 Å². The molecule has 0 nitrogen and oxygen atoms in total. The smallest absolute Gasteiger partial charge is 0.0701 e. The molecule has 0 radical (unpaired) electrons. The van der Waals surface area contributed by atoms with Crippen LogP contribution in [0.1, 0.15) is 31.6 Å². The average Bonchev–Trinajstić information content (AvgIpc) is 2.51. The van der Waals surface area contributed by atoms with Gasteiger partial charge in [0.2, 0.25) is 0 Å². The zero-order valence-electron chi connectivity index (χ0n) is 8.59. The molecule has 1 atom stereocenters. The Hall–Kier alpha value is 0.470. The van der Waals surface area contributed by atoms with Crippen molar-refractivity contribution in [3.05, 3.63) is 20.8 Å². The number of rotatable bonds is 5. The third-order valence-electron chi connectivity index (χ3n) is 2.26. The average molecular weight is 296 g/mol. The van der Waals surface area contributed by atoms with Gasteiger partial charge in [0.25, 0.3) is 0 Å². The van der Waals surface area contributed by atoms with Crippen LogP contribution in [0.25, 0.3) is 0 Å². The molecule has 0 N–H and O–H groups in total. The van der Waals surface area contributed by atoms with Crippen LogP contribution < -0.4 is 0 Å². The molecule has 0 aliphatic heterocycles. The van der Waals surface area contributed by atoms with E-state index in [4.69, 9.17) is 11.6 Å². The van der Waals surface area contributed by atoms with Crippen LogP contribution in [-0.2, 0) is 6.42 Å². The lowest BCUT2D eigenvalue weighted by Gasteiger charge is -2.11. The van der Waals surface area contributed by atoms with Crippen molar-refractivity contribution in [1.29, 1.82) is 0 Å². The maximum atomic E-state index is 6.18. The molecule has 14 heavy (non-hydrogen) atoms. The highest BCUT2D eigenvalue weighted by atomic mass is 79.9. The van der Waals surface area contributed by atoms with Crippen LogP contribution in [0.2, 0.25) is 0 Å². The molecular weight excluding hydrogens is 280 g/mol. The van der Waals surface area contributed by atoms with E-state index in [9.17, 15) is 0 Å². The van der Waals surface area contributed by atoms with E-state index in [-0.39, 0.29) is 0 Å². The van der Waals surface area contributed by atoms with Gasteiger partial charge in [-0.3, -0.25) is 0 Å².